The van der Waals surface area contributed by atoms with Gasteiger partial charge in [-0.2, -0.15) is 0 Å². The predicted octanol–water partition coefficient (Wildman–Crippen LogP) is 2.99. The Morgan fingerprint density at radius 2 is 2.06 bits per heavy atom. The van der Waals surface area contributed by atoms with E-state index < -0.39 is 0 Å². The van der Waals surface area contributed by atoms with Crippen molar-refractivity contribution in [2.45, 2.75) is 45.4 Å². The summed E-state index contributed by atoms with van der Waals surface area (Å²) < 4.78 is 0. The number of unbranched alkanes of at least 4 members (excludes halogenated alkanes) is 3. The van der Waals surface area contributed by atoms with Crippen molar-refractivity contribution >= 4 is 6.29 Å². The molecule has 0 amide bonds. The van der Waals surface area contributed by atoms with E-state index in [4.69, 9.17) is 0 Å². The molecule has 0 saturated heterocycles. The zero-order chi connectivity index (χ0) is 12.2. The molecule has 0 radical (unpaired) electrons. The van der Waals surface area contributed by atoms with Crippen molar-refractivity contribution in [3.05, 3.63) is 22.3 Å². The summed E-state index contributed by atoms with van der Waals surface area (Å²) in [5.41, 5.74) is 0. The van der Waals surface area contributed by atoms with Crippen molar-refractivity contribution < 1.29 is 9.72 Å². The molecule has 0 N–H and O–H groups in total. The average Bonchev–Trinajstić information content (AvgIpc) is 2.23. The third kappa shape index (κ3) is 9.37. The third-order valence-corrected chi connectivity index (χ3v) is 2.56. The Balaban J connectivity index is 3.84. The van der Waals surface area contributed by atoms with E-state index in [-0.39, 0.29) is 17.4 Å². The second-order valence-corrected chi connectivity index (χ2v) is 4.03. The van der Waals surface area contributed by atoms with Crippen LogP contribution in [0.2, 0.25) is 0 Å². The molecule has 4 heteroatoms. The summed E-state index contributed by atoms with van der Waals surface area (Å²) in [6.07, 6.45) is 9.90. The van der Waals surface area contributed by atoms with Crippen LogP contribution in [-0.2, 0) is 4.79 Å². The van der Waals surface area contributed by atoms with Gasteiger partial charge in [0.2, 0.25) is 6.54 Å². The van der Waals surface area contributed by atoms with Gasteiger partial charge in [0.25, 0.3) is 0 Å². The Kier molecular flexibility index (Phi) is 9.56. The molecule has 4 nitrogen and oxygen atoms in total. The van der Waals surface area contributed by atoms with Crippen LogP contribution in [-0.4, -0.2) is 17.8 Å². The molecular formula is C12H21NO3. The summed E-state index contributed by atoms with van der Waals surface area (Å²) in [6, 6.07) is 0. The van der Waals surface area contributed by atoms with Crippen LogP contribution < -0.4 is 0 Å². The van der Waals surface area contributed by atoms with Gasteiger partial charge in [0.15, 0.2) is 0 Å². The van der Waals surface area contributed by atoms with Gasteiger partial charge < -0.3 is 0 Å². The third-order valence-electron chi connectivity index (χ3n) is 2.56. The van der Waals surface area contributed by atoms with Crippen LogP contribution in [0.5, 0.6) is 0 Å². The second-order valence-electron chi connectivity index (χ2n) is 4.03. The molecule has 16 heavy (non-hydrogen) atoms. The summed E-state index contributed by atoms with van der Waals surface area (Å²) in [4.78, 5) is 20.3. The highest BCUT2D eigenvalue weighted by Crippen LogP contribution is 2.15. The van der Waals surface area contributed by atoms with Crippen molar-refractivity contribution in [2.24, 2.45) is 5.92 Å². The molecule has 0 aliphatic heterocycles. The molecule has 0 aliphatic rings. The molecule has 0 spiro atoms. The number of rotatable bonds is 10. The average molecular weight is 227 g/mol. The minimum Gasteiger partial charge on any atom is -0.299 e. The number of nitrogens with zero attached hydrogens (tertiary/aromatic N) is 1. The standard InChI is InChI=1S/C12H21NO3/c1-2-3-4-5-8-12(11-13(15)16)9-6-7-10-14/h6-7,10,12H,2-5,8-9,11H2,1H3/b7-6+. The van der Waals surface area contributed by atoms with Crippen molar-refractivity contribution in [3.63, 3.8) is 0 Å². The second kappa shape index (κ2) is 10.3. The first-order valence-corrected chi connectivity index (χ1v) is 5.92. The summed E-state index contributed by atoms with van der Waals surface area (Å²) in [7, 11) is 0. The van der Waals surface area contributed by atoms with Crippen LogP contribution in [0.4, 0.5) is 0 Å². The van der Waals surface area contributed by atoms with Gasteiger partial charge in [-0.25, -0.2) is 0 Å². The van der Waals surface area contributed by atoms with Gasteiger partial charge in [-0.3, -0.25) is 14.9 Å². The van der Waals surface area contributed by atoms with Gasteiger partial charge >= 0.3 is 0 Å². The number of hydrogen-bond donors (Lipinski definition) is 0. The Labute approximate surface area is 96.9 Å². The molecule has 0 aromatic carbocycles. The van der Waals surface area contributed by atoms with Crippen LogP contribution in [0.1, 0.15) is 45.4 Å². The fourth-order valence-corrected chi connectivity index (χ4v) is 1.68. The molecule has 0 aromatic heterocycles. The lowest BCUT2D eigenvalue weighted by molar-refractivity contribution is -0.488. The number of hydrogen-bond acceptors (Lipinski definition) is 3. The van der Waals surface area contributed by atoms with Gasteiger partial charge in [-0.05, 0) is 18.9 Å². The van der Waals surface area contributed by atoms with Gasteiger partial charge in [-0.15, -0.1) is 0 Å². The maximum Gasteiger partial charge on any atom is 0.206 e. The molecule has 1 unspecified atom stereocenters. The highest BCUT2D eigenvalue weighted by molar-refractivity contribution is 5.64. The molecule has 1 atom stereocenters. The fourth-order valence-electron chi connectivity index (χ4n) is 1.68. The van der Waals surface area contributed by atoms with Crippen LogP contribution in [0, 0.1) is 16.0 Å². The molecule has 92 valence electrons. The molecule has 0 heterocycles. The molecule has 0 fully saturated rings. The summed E-state index contributed by atoms with van der Waals surface area (Å²) >= 11 is 0. The first-order valence-electron chi connectivity index (χ1n) is 5.92. The van der Waals surface area contributed by atoms with Crippen LogP contribution >= 0.6 is 0 Å². The Bertz CT molecular complexity index is 226. The highest BCUT2D eigenvalue weighted by atomic mass is 16.6. The number of allylic oxidation sites excluding steroid dienone is 2. The van der Waals surface area contributed by atoms with Gasteiger partial charge in [0.05, 0.1) is 0 Å². The topological polar surface area (TPSA) is 60.2 Å². The number of carbonyl (C=O) groups is 1. The van der Waals surface area contributed by atoms with Gasteiger partial charge in [0, 0.05) is 10.8 Å². The summed E-state index contributed by atoms with van der Waals surface area (Å²) in [6.45, 7) is 2.15. The van der Waals surface area contributed by atoms with E-state index in [0.717, 1.165) is 19.3 Å². The van der Waals surface area contributed by atoms with E-state index in [9.17, 15) is 14.9 Å². The zero-order valence-corrected chi connectivity index (χ0v) is 9.93. The van der Waals surface area contributed by atoms with Crippen LogP contribution in [0.3, 0.4) is 0 Å². The number of aldehydes is 1. The predicted molar refractivity (Wildman–Crippen MR) is 63.9 cm³/mol. The lowest BCUT2D eigenvalue weighted by Crippen LogP contribution is -2.13. The maximum absolute atomic E-state index is 10.4. The van der Waals surface area contributed by atoms with E-state index in [1.54, 1.807) is 6.08 Å². The van der Waals surface area contributed by atoms with E-state index in [1.165, 1.54) is 18.9 Å². The van der Waals surface area contributed by atoms with Crippen LogP contribution in [0.25, 0.3) is 0 Å². The molecule has 0 bridgehead atoms. The molecule has 0 rings (SSSR count). The Morgan fingerprint density at radius 1 is 1.31 bits per heavy atom. The molecular weight excluding hydrogens is 206 g/mol. The normalized spacial score (nSPS) is 12.8. The van der Waals surface area contributed by atoms with Gasteiger partial charge in [-0.1, -0.05) is 38.7 Å². The first kappa shape index (κ1) is 14.8. The number of carbonyl (C=O) groups excluding carboxylic acids is 1. The van der Waals surface area contributed by atoms with E-state index in [2.05, 4.69) is 6.92 Å². The quantitative estimate of drug-likeness (QED) is 0.189. The van der Waals surface area contributed by atoms with E-state index in [0.29, 0.717) is 12.7 Å². The van der Waals surface area contributed by atoms with E-state index in [1.807, 2.05) is 0 Å². The van der Waals surface area contributed by atoms with Crippen LogP contribution in [0.15, 0.2) is 12.2 Å². The minimum absolute atomic E-state index is 0.00925. The lowest BCUT2D eigenvalue weighted by Gasteiger charge is -2.09. The number of nitro groups is 1. The Hall–Kier alpha value is -1.19. The maximum atomic E-state index is 10.4. The van der Waals surface area contributed by atoms with Crippen molar-refractivity contribution in [3.8, 4) is 0 Å². The molecule has 0 aliphatic carbocycles. The van der Waals surface area contributed by atoms with Crippen molar-refractivity contribution in [1.82, 2.24) is 0 Å². The SMILES string of the molecule is CCCCCCC(C/C=C/C=O)C[N+](=O)[O-]. The van der Waals surface area contributed by atoms with Crippen molar-refractivity contribution in [2.75, 3.05) is 6.54 Å². The summed E-state index contributed by atoms with van der Waals surface area (Å²) in [5.74, 6) is 0.0723. The monoisotopic (exact) mass is 227 g/mol. The summed E-state index contributed by atoms with van der Waals surface area (Å²) in [5, 5.41) is 10.4. The lowest BCUT2D eigenvalue weighted by atomic mass is 9.97. The smallest absolute Gasteiger partial charge is 0.206 e. The Morgan fingerprint density at radius 3 is 2.62 bits per heavy atom. The van der Waals surface area contributed by atoms with Crippen molar-refractivity contribution in [1.29, 1.82) is 0 Å². The van der Waals surface area contributed by atoms with Gasteiger partial charge in [0.1, 0.15) is 6.29 Å². The largest absolute Gasteiger partial charge is 0.299 e. The zero-order valence-electron chi connectivity index (χ0n) is 9.93. The fraction of sp³-hybridized carbons (Fsp3) is 0.750. The minimum atomic E-state index is -0.265. The van der Waals surface area contributed by atoms with E-state index >= 15 is 0 Å². The molecule has 0 aromatic rings. The molecule has 0 saturated carbocycles. The highest BCUT2D eigenvalue weighted by Gasteiger charge is 2.13. The first-order chi connectivity index (χ1) is 7.70.